The lowest BCUT2D eigenvalue weighted by atomic mass is 9.94. The van der Waals surface area contributed by atoms with E-state index in [0.717, 1.165) is 51.9 Å². The molecule has 234 valence electrons. The van der Waals surface area contributed by atoms with Gasteiger partial charge in [-0.2, -0.15) is 0 Å². The van der Waals surface area contributed by atoms with Crippen LogP contribution >= 0.6 is 11.3 Å². The first-order valence-electron chi connectivity index (χ1n) is 15.6. The molecule has 2 aliphatic rings. The number of hydrogen-bond acceptors (Lipinski definition) is 8. The van der Waals surface area contributed by atoms with E-state index >= 15 is 0 Å². The van der Waals surface area contributed by atoms with Crippen LogP contribution in [0.2, 0.25) is 0 Å². The number of aliphatic hydroxyl groups is 1. The Morgan fingerprint density at radius 1 is 1.04 bits per heavy atom. The first kappa shape index (κ1) is 30.6. The third-order valence-electron chi connectivity index (χ3n) is 8.23. The van der Waals surface area contributed by atoms with E-state index in [4.69, 9.17) is 19.2 Å². The zero-order chi connectivity index (χ0) is 31.8. The van der Waals surface area contributed by atoms with Crippen molar-refractivity contribution in [2.45, 2.75) is 72.4 Å². The number of nitrogens with zero attached hydrogens (tertiary/aromatic N) is 2. The Hall–Kier alpha value is -4.37. The van der Waals surface area contributed by atoms with Crippen molar-refractivity contribution in [2.75, 3.05) is 18.1 Å². The van der Waals surface area contributed by atoms with E-state index < -0.39 is 17.7 Å². The van der Waals surface area contributed by atoms with Crippen molar-refractivity contribution in [2.24, 2.45) is 0 Å². The number of benzene rings is 3. The second-order valence-electron chi connectivity index (χ2n) is 11.7. The molecule has 0 spiro atoms. The van der Waals surface area contributed by atoms with E-state index in [0.29, 0.717) is 47.4 Å². The standard InChI is InChI=1S/C36H38N2O6S/c1-6-8-9-14-43-27-13-10-23(19-28(27)42-7-2)32-30(33(39)24-11-12-26-25(18-24)17-22(5)44-26)34(40)35(41)38(32)36-37-31-21(4)15-20(3)16-29(31)45-36/h10-13,15-16,18-19,22,32,39H,6-9,14,17H2,1-5H3/b33-30+/t22-,32+/m1/s1. The van der Waals surface area contributed by atoms with E-state index in [1.165, 1.54) is 16.2 Å². The van der Waals surface area contributed by atoms with Crippen molar-refractivity contribution in [3.8, 4) is 17.2 Å². The van der Waals surface area contributed by atoms with Gasteiger partial charge in [0.05, 0.1) is 35.0 Å². The molecule has 2 aliphatic heterocycles. The number of aromatic nitrogens is 1. The van der Waals surface area contributed by atoms with E-state index in [9.17, 15) is 14.7 Å². The van der Waals surface area contributed by atoms with Gasteiger partial charge in [0, 0.05) is 12.0 Å². The van der Waals surface area contributed by atoms with Crippen LogP contribution in [0.25, 0.3) is 16.0 Å². The Morgan fingerprint density at radius 3 is 2.64 bits per heavy atom. The van der Waals surface area contributed by atoms with Crippen molar-refractivity contribution < 1.29 is 28.9 Å². The highest BCUT2D eigenvalue weighted by Crippen LogP contribution is 2.46. The second-order valence-corrected chi connectivity index (χ2v) is 12.8. The van der Waals surface area contributed by atoms with Crippen LogP contribution in [0.3, 0.4) is 0 Å². The van der Waals surface area contributed by atoms with Gasteiger partial charge in [-0.3, -0.25) is 14.5 Å². The summed E-state index contributed by atoms with van der Waals surface area (Å²) in [6.07, 6.45) is 3.78. The molecule has 1 aromatic heterocycles. The lowest BCUT2D eigenvalue weighted by Crippen LogP contribution is -2.29. The fraction of sp³-hybridized carbons (Fsp3) is 0.361. The summed E-state index contributed by atoms with van der Waals surface area (Å²) in [6.45, 7) is 11.0. The van der Waals surface area contributed by atoms with Crippen LogP contribution in [0.4, 0.5) is 5.13 Å². The maximum Gasteiger partial charge on any atom is 0.301 e. The predicted octanol–water partition coefficient (Wildman–Crippen LogP) is 7.83. The van der Waals surface area contributed by atoms with Crippen LogP contribution in [0.1, 0.15) is 73.9 Å². The third kappa shape index (κ3) is 5.77. The molecule has 0 saturated carbocycles. The summed E-state index contributed by atoms with van der Waals surface area (Å²) in [5, 5.41) is 12.2. The van der Waals surface area contributed by atoms with Gasteiger partial charge in [-0.05, 0) is 92.8 Å². The zero-order valence-corrected chi connectivity index (χ0v) is 27.1. The van der Waals surface area contributed by atoms with Crippen LogP contribution in [-0.4, -0.2) is 41.1 Å². The van der Waals surface area contributed by atoms with Gasteiger partial charge in [-0.15, -0.1) is 0 Å². The molecule has 8 nitrogen and oxygen atoms in total. The van der Waals surface area contributed by atoms with Crippen LogP contribution in [-0.2, 0) is 16.0 Å². The first-order chi connectivity index (χ1) is 21.7. The summed E-state index contributed by atoms with van der Waals surface area (Å²) in [4.78, 5) is 34.0. The number of hydrogen-bond donors (Lipinski definition) is 1. The summed E-state index contributed by atoms with van der Waals surface area (Å²) >= 11 is 1.35. The van der Waals surface area contributed by atoms with E-state index in [1.54, 1.807) is 18.2 Å². The van der Waals surface area contributed by atoms with Gasteiger partial charge >= 0.3 is 5.91 Å². The van der Waals surface area contributed by atoms with Gasteiger partial charge in [0.25, 0.3) is 5.78 Å². The molecule has 1 amide bonds. The molecule has 3 heterocycles. The predicted molar refractivity (Wildman–Crippen MR) is 177 cm³/mol. The van der Waals surface area contributed by atoms with Gasteiger partial charge in [-0.1, -0.05) is 43.2 Å². The molecule has 3 aromatic carbocycles. The van der Waals surface area contributed by atoms with Crippen molar-refractivity contribution in [3.63, 3.8) is 0 Å². The summed E-state index contributed by atoms with van der Waals surface area (Å²) in [6, 6.07) is 13.9. The molecule has 0 aliphatic carbocycles. The number of aryl methyl sites for hydroxylation is 2. The fourth-order valence-electron chi connectivity index (χ4n) is 6.15. The number of thiazole rings is 1. The second kappa shape index (κ2) is 12.6. The van der Waals surface area contributed by atoms with Gasteiger partial charge < -0.3 is 19.3 Å². The number of carbonyl (C=O) groups is 2. The number of ether oxygens (including phenoxy) is 3. The molecule has 4 aromatic rings. The number of unbranched alkanes of at least 4 members (excludes halogenated alkanes) is 2. The molecule has 6 rings (SSSR count). The Balaban J connectivity index is 1.50. The van der Waals surface area contributed by atoms with Crippen molar-refractivity contribution in [1.82, 2.24) is 4.98 Å². The molecule has 9 heteroatoms. The molecule has 1 saturated heterocycles. The minimum Gasteiger partial charge on any atom is -0.507 e. The Labute approximate surface area is 267 Å². The highest BCUT2D eigenvalue weighted by atomic mass is 32.1. The molecule has 1 N–H and O–H groups in total. The van der Waals surface area contributed by atoms with Crippen molar-refractivity contribution in [1.29, 1.82) is 0 Å². The van der Waals surface area contributed by atoms with Gasteiger partial charge in [0.1, 0.15) is 17.6 Å². The van der Waals surface area contributed by atoms with Gasteiger partial charge in [0.2, 0.25) is 0 Å². The van der Waals surface area contributed by atoms with E-state index in [2.05, 4.69) is 6.92 Å². The SMILES string of the molecule is CCCCCOc1ccc([C@H]2/C(=C(\O)c3ccc4c(c3)C[C@@H](C)O4)C(=O)C(=O)N2c2nc3c(C)cc(C)cc3s2)cc1OCC. The molecule has 2 atom stereocenters. The normalized spacial score (nSPS) is 18.8. The third-order valence-corrected chi connectivity index (χ3v) is 9.23. The Bertz CT molecular complexity index is 1830. The number of Topliss-reactive ketones (excluding diaryl/α,β-unsaturated/α-hetero) is 1. The minimum atomic E-state index is -0.941. The molecular weight excluding hydrogens is 588 g/mol. The van der Waals surface area contributed by atoms with Crippen LogP contribution in [0.5, 0.6) is 17.2 Å². The molecule has 0 radical (unpaired) electrons. The summed E-state index contributed by atoms with van der Waals surface area (Å²) in [5.74, 6) is 0.101. The van der Waals surface area contributed by atoms with Crippen LogP contribution < -0.4 is 19.1 Å². The van der Waals surface area contributed by atoms with Crippen LogP contribution in [0, 0.1) is 13.8 Å². The van der Waals surface area contributed by atoms with Crippen molar-refractivity contribution >= 4 is 44.1 Å². The quantitative estimate of drug-likeness (QED) is 0.0829. The zero-order valence-electron chi connectivity index (χ0n) is 26.3. The van der Waals surface area contributed by atoms with E-state index in [1.807, 2.05) is 58.0 Å². The largest absolute Gasteiger partial charge is 0.507 e. The first-order valence-corrected chi connectivity index (χ1v) is 16.4. The fourth-order valence-corrected chi connectivity index (χ4v) is 7.32. The monoisotopic (exact) mass is 626 g/mol. The number of rotatable bonds is 10. The Morgan fingerprint density at radius 2 is 1.87 bits per heavy atom. The summed E-state index contributed by atoms with van der Waals surface area (Å²) in [7, 11) is 0. The Kier molecular flexibility index (Phi) is 8.55. The number of ketones is 1. The summed E-state index contributed by atoms with van der Waals surface area (Å²) in [5.41, 5.74) is 4.84. The van der Waals surface area contributed by atoms with Crippen molar-refractivity contribution in [3.05, 3.63) is 81.9 Å². The highest BCUT2D eigenvalue weighted by molar-refractivity contribution is 7.22. The van der Waals surface area contributed by atoms with Crippen LogP contribution in [0.15, 0.2) is 54.1 Å². The molecule has 0 bridgehead atoms. The topological polar surface area (TPSA) is 98.2 Å². The average molecular weight is 627 g/mol. The minimum absolute atomic E-state index is 0.00173. The number of carbonyl (C=O) groups excluding carboxylic acids is 2. The number of fused-ring (bicyclic) bond motifs is 2. The van der Waals surface area contributed by atoms with E-state index in [-0.39, 0.29) is 17.4 Å². The lowest BCUT2D eigenvalue weighted by Gasteiger charge is -2.24. The maximum absolute atomic E-state index is 13.9. The highest BCUT2D eigenvalue weighted by Gasteiger charge is 2.48. The molecule has 1 fully saturated rings. The smallest absolute Gasteiger partial charge is 0.301 e. The number of aliphatic hydroxyl groups excluding tert-OH is 1. The number of amides is 1. The molecular formula is C36H38N2O6S. The lowest BCUT2D eigenvalue weighted by molar-refractivity contribution is -0.132. The summed E-state index contributed by atoms with van der Waals surface area (Å²) < 4.78 is 18.8. The number of anilines is 1. The average Bonchev–Trinajstić information content (AvgIpc) is 3.68. The maximum atomic E-state index is 13.9. The van der Waals surface area contributed by atoms with Gasteiger partial charge in [-0.25, -0.2) is 4.98 Å². The molecule has 0 unspecified atom stereocenters. The van der Waals surface area contributed by atoms with Gasteiger partial charge in [0.15, 0.2) is 16.6 Å². The molecule has 45 heavy (non-hydrogen) atoms.